The van der Waals surface area contributed by atoms with E-state index in [4.69, 9.17) is 16.3 Å². The van der Waals surface area contributed by atoms with Crippen LogP contribution in [-0.2, 0) is 20.9 Å². The average Bonchev–Trinajstić information content (AvgIpc) is 3.61. The highest BCUT2D eigenvalue weighted by atomic mass is 16.6. The third kappa shape index (κ3) is 9.46. The van der Waals surface area contributed by atoms with E-state index in [9.17, 15) is 14.4 Å². The van der Waals surface area contributed by atoms with Gasteiger partial charge in [0.2, 0.25) is 11.8 Å². The second-order valence-electron chi connectivity index (χ2n) is 13.2. The van der Waals surface area contributed by atoms with Gasteiger partial charge in [-0.15, -0.1) is 0 Å². The predicted molar refractivity (Wildman–Crippen MR) is 182 cm³/mol. The largest absolute Gasteiger partial charge is 0.445 e. The third-order valence-corrected chi connectivity index (χ3v) is 8.69. The highest BCUT2D eigenvalue weighted by Gasteiger charge is 2.54. The lowest BCUT2D eigenvalue weighted by molar-refractivity contribution is -0.141. The van der Waals surface area contributed by atoms with Crippen molar-refractivity contribution in [2.75, 3.05) is 26.7 Å². The number of carbonyl (C=O) groups excluding carboxylic acids is 3. The molecule has 0 spiro atoms. The van der Waals surface area contributed by atoms with Crippen LogP contribution in [0.2, 0.25) is 0 Å². The van der Waals surface area contributed by atoms with Gasteiger partial charge in [-0.2, -0.15) is 0 Å². The first-order chi connectivity index (χ1) is 21.8. The van der Waals surface area contributed by atoms with Gasteiger partial charge in [-0.25, -0.2) is 10.6 Å². The Hall–Kier alpha value is -4.09. The number of fused-ring (bicyclic) bond motifs is 1. The number of hydrogen-bond acceptors (Lipinski definition) is 8. The lowest BCUT2D eigenvalue weighted by Crippen LogP contribution is -2.59. The lowest BCUT2D eigenvalue weighted by Gasteiger charge is -2.37. The standard InChI is InChI=1S/C35H53N7O4/c1-8-10-14-25(9-2)19-28(36)22-40(37)20-27-21-42(34(45)46-23-26-15-12-11-13-16-26)29-17-18-41(30(27)29)33(44)31(35(4,5)6)39-32(43)24(3)38-7/h8-16,22,24,27,29-31,38H,1,17-21,23,36-37H2,2-7H3,(H,39,43)/b14-10-,25-9+,28-22-/t24-,27-,29?,30+,31?/m0/s1. The summed E-state index contributed by atoms with van der Waals surface area (Å²) in [5, 5.41) is 7.46. The number of hydrazine groups is 1. The Morgan fingerprint density at radius 1 is 1.20 bits per heavy atom. The molecule has 3 amide bonds. The van der Waals surface area contributed by atoms with Crippen LogP contribution in [0.4, 0.5) is 4.79 Å². The number of allylic oxidation sites excluding steroid dienone is 5. The van der Waals surface area contributed by atoms with Crippen molar-refractivity contribution in [2.45, 2.75) is 78.2 Å². The SMILES string of the molecule is C=C/C=C\C(=C/C)C/C(N)=C/N(N)C[C@H]1CN(C(=O)OCc2ccccc2)C2CCN(C(=O)C(NC(=O)[C@H](C)NC)C(C)(C)C)[C@@H]21. The van der Waals surface area contributed by atoms with E-state index < -0.39 is 23.6 Å². The van der Waals surface area contributed by atoms with Crippen LogP contribution in [0.1, 0.15) is 53.0 Å². The summed E-state index contributed by atoms with van der Waals surface area (Å²) in [6.45, 7) is 14.5. The normalized spacial score (nSPS) is 21.6. The number of likely N-dealkylation sites (tertiary alicyclic amines) is 2. The molecule has 0 saturated carbocycles. The first kappa shape index (κ1) is 36.4. The molecule has 2 unspecified atom stereocenters. The number of rotatable bonds is 13. The van der Waals surface area contributed by atoms with Crippen LogP contribution in [0.15, 0.2) is 78.7 Å². The minimum absolute atomic E-state index is 0.151. The fraction of sp³-hybridized carbons (Fsp3) is 0.514. The third-order valence-electron chi connectivity index (χ3n) is 8.69. The Balaban J connectivity index is 1.86. The van der Waals surface area contributed by atoms with Gasteiger partial charge >= 0.3 is 6.09 Å². The van der Waals surface area contributed by atoms with E-state index in [0.29, 0.717) is 38.2 Å². The van der Waals surface area contributed by atoms with Gasteiger partial charge in [0.1, 0.15) is 12.6 Å². The summed E-state index contributed by atoms with van der Waals surface area (Å²) in [6.07, 6.45) is 9.85. The van der Waals surface area contributed by atoms with Crippen LogP contribution in [0, 0.1) is 11.3 Å². The van der Waals surface area contributed by atoms with Gasteiger partial charge < -0.3 is 35.9 Å². The Morgan fingerprint density at radius 2 is 1.89 bits per heavy atom. The monoisotopic (exact) mass is 635 g/mol. The number of ether oxygens (including phenoxy) is 1. The number of carbonyl (C=O) groups is 3. The minimum atomic E-state index is -0.762. The van der Waals surface area contributed by atoms with Gasteiger partial charge in [-0.3, -0.25) is 9.59 Å². The molecule has 11 heteroatoms. The topological polar surface area (TPSA) is 146 Å². The van der Waals surface area contributed by atoms with E-state index in [-0.39, 0.29) is 36.4 Å². The highest BCUT2D eigenvalue weighted by Crippen LogP contribution is 2.38. The van der Waals surface area contributed by atoms with Crippen molar-refractivity contribution in [1.82, 2.24) is 25.4 Å². The molecular formula is C35H53N7O4. The van der Waals surface area contributed by atoms with E-state index in [1.807, 2.05) is 81.2 Å². The maximum absolute atomic E-state index is 14.3. The average molecular weight is 636 g/mol. The summed E-state index contributed by atoms with van der Waals surface area (Å²) in [6, 6.07) is 7.73. The number of amides is 3. The molecule has 5 atom stereocenters. The predicted octanol–water partition coefficient (Wildman–Crippen LogP) is 3.42. The van der Waals surface area contributed by atoms with E-state index in [0.717, 1.165) is 11.1 Å². The molecule has 0 radical (unpaired) electrons. The summed E-state index contributed by atoms with van der Waals surface area (Å²) in [5.74, 6) is 5.88. The van der Waals surface area contributed by atoms with Gasteiger partial charge in [-0.05, 0) is 43.9 Å². The molecule has 2 saturated heterocycles. The Labute approximate surface area is 274 Å². The zero-order chi connectivity index (χ0) is 34.0. The maximum atomic E-state index is 14.3. The number of benzene rings is 1. The molecule has 2 aliphatic heterocycles. The summed E-state index contributed by atoms with van der Waals surface area (Å²) >= 11 is 0. The molecule has 3 rings (SSSR count). The Morgan fingerprint density at radius 3 is 2.50 bits per heavy atom. The van der Waals surface area contributed by atoms with Crippen LogP contribution in [0.3, 0.4) is 0 Å². The second-order valence-corrected chi connectivity index (χ2v) is 13.2. The summed E-state index contributed by atoms with van der Waals surface area (Å²) in [5.41, 5.74) is 8.30. The summed E-state index contributed by atoms with van der Waals surface area (Å²) in [7, 11) is 1.70. The van der Waals surface area contributed by atoms with Crippen molar-refractivity contribution >= 4 is 17.9 Å². The molecule has 0 bridgehead atoms. The van der Waals surface area contributed by atoms with Crippen molar-refractivity contribution in [3.05, 3.63) is 84.2 Å². The molecular weight excluding hydrogens is 582 g/mol. The highest BCUT2D eigenvalue weighted by molar-refractivity contribution is 5.90. The van der Waals surface area contributed by atoms with Gasteiger partial charge in [0.05, 0.1) is 18.1 Å². The number of nitrogens with two attached hydrogens (primary N) is 2. The number of likely N-dealkylation sites (N-methyl/N-ethyl adjacent to an activating group) is 1. The molecule has 6 N–H and O–H groups in total. The van der Waals surface area contributed by atoms with E-state index in [1.54, 1.807) is 36.2 Å². The molecule has 2 fully saturated rings. The van der Waals surface area contributed by atoms with Crippen LogP contribution in [0.5, 0.6) is 0 Å². The molecule has 2 heterocycles. The molecule has 0 aliphatic carbocycles. The first-order valence-electron chi connectivity index (χ1n) is 16.0. The Bertz CT molecular complexity index is 1300. The van der Waals surface area contributed by atoms with E-state index in [1.165, 1.54) is 0 Å². The zero-order valence-corrected chi connectivity index (χ0v) is 28.2. The molecule has 46 heavy (non-hydrogen) atoms. The fourth-order valence-corrected chi connectivity index (χ4v) is 6.12. The van der Waals surface area contributed by atoms with Crippen molar-refractivity contribution < 1.29 is 19.1 Å². The number of nitrogens with zero attached hydrogens (tertiary/aromatic N) is 3. The molecule has 252 valence electrons. The summed E-state index contributed by atoms with van der Waals surface area (Å²) < 4.78 is 5.74. The summed E-state index contributed by atoms with van der Waals surface area (Å²) in [4.78, 5) is 44.2. The zero-order valence-electron chi connectivity index (χ0n) is 28.2. The van der Waals surface area contributed by atoms with Crippen LogP contribution in [-0.4, -0.2) is 83.6 Å². The molecule has 0 aromatic heterocycles. The second kappa shape index (κ2) is 16.5. The number of nitrogens with one attached hydrogen (secondary N) is 2. The molecule has 1 aromatic carbocycles. The van der Waals surface area contributed by atoms with Gasteiger partial charge in [0.25, 0.3) is 0 Å². The van der Waals surface area contributed by atoms with Crippen LogP contribution in [0.25, 0.3) is 0 Å². The van der Waals surface area contributed by atoms with Crippen molar-refractivity contribution in [3.8, 4) is 0 Å². The van der Waals surface area contributed by atoms with Crippen molar-refractivity contribution in [1.29, 1.82) is 0 Å². The smallest absolute Gasteiger partial charge is 0.410 e. The molecule has 11 nitrogen and oxygen atoms in total. The molecule has 1 aromatic rings. The first-order valence-corrected chi connectivity index (χ1v) is 16.0. The van der Waals surface area contributed by atoms with Gasteiger partial charge in [0, 0.05) is 43.9 Å². The number of hydrogen-bond donors (Lipinski definition) is 4. The molecule has 2 aliphatic rings. The lowest BCUT2D eigenvalue weighted by atomic mass is 9.85. The quantitative estimate of drug-likeness (QED) is 0.147. The minimum Gasteiger partial charge on any atom is -0.445 e. The van der Waals surface area contributed by atoms with Crippen LogP contribution >= 0.6 is 0 Å². The van der Waals surface area contributed by atoms with Crippen molar-refractivity contribution in [2.24, 2.45) is 22.9 Å². The van der Waals surface area contributed by atoms with Crippen molar-refractivity contribution in [3.63, 3.8) is 0 Å². The van der Waals surface area contributed by atoms with Gasteiger partial charge in [-0.1, -0.05) is 82.0 Å². The van der Waals surface area contributed by atoms with E-state index in [2.05, 4.69) is 17.2 Å². The Kier molecular flexibility index (Phi) is 13.0. The van der Waals surface area contributed by atoms with E-state index >= 15 is 0 Å². The maximum Gasteiger partial charge on any atom is 0.410 e. The fourth-order valence-electron chi connectivity index (χ4n) is 6.12. The van der Waals surface area contributed by atoms with Crippen LogP contribution < -0.4 is 22.2 Å². The van der Waals surface area contributed by atoms with Gasteiger partial charge in [0.15, 0.2) is 0 Å².